The second-order valence-electron chi connectivity index (χ2n) is 6.75. The molecule has 1 aliphatic rings. The maximum Gasteiger partial charge on any atom is 0.271 e. The minimum atomic E-state index is -0.155. The number of anilines is 1. The predicted octanol–water partition coefficient (Wildman–Crippen LogP) is 2.58. The Bertz CT molecular complexity index is 985. The fourth-order valence-corrected chi connectivity index (χ4v) is 4.09. The van der Waals surface area contributed by atoms with Crippen LogP contribution < -0.4 is 10.5 Å². The monoisotopic (exact) mass is 394 g/mol. The zero-order valence-corrected chi connectivity index (χ0v) is 16.3. The highest BCUT2D eigenvalue weighted by molar-refractivity contribution is 7.10. The molecule has 6 nitrogen and oxygen atoms in total. The van der Waals surface area contributed by atoms with E-state index < -0.39 is 0 Å². The van der Waals surface area contributed by atoms with E-state index in [0.717, 1.165) is 35.9 Å². The molecule has 0 unspecified atom stereocenters. The van der Waals surface area contributed by atoms with E-state index in [1.54, 1.807) is 23.5 Å². The number of hydrogen-bond acceptors (Lipinski definition) is 5. The summed E-state index contributed by atoms with van der Waals surface area (Å²) in [6, 6.07) is 16.7. The second-order valence-corrected chi connectivity index (χ2v) is 7.79. The van der Waals surface area contributed by atoms with Crippen molar-refractivity contribution in [3.8, 4) is 5.69 Å². The molecule has 0 aliphatic carbocycles. The van der Waals surface area contributed by atoms with Crippen LogP contribution in [0.5, 0.6) is 0 Å². The summed E-state index contributed by atoms with van der Waals surface area (Å²) in [5, 5.41) is 6.57. The van der Waals surface area contributed by atoms with E-state index in [2.05, 4.69) is 10.00 Å². The summed E-state index contributed by atoms with van der Waals surface area (Å²) in [7, 11) is 0. The zero-order valence-electron chi connectivity index (χ0n) is 15.5. The van der Waals surface area contributed by atoms with Gasteiger partial charge in [0.1, 0.15) is 5.82 Å². The van der Waals surface area contributed by atoms with Gasteiger partial charge in [0.25, 0.3) is 5.56 Å². The summed E-state index contributed by atoms with van der Waals surface area (Å²) < 4.78 is 1.43. The van der Waals surface area contributed by atoms with Crippen molar-refractivity contribution >= 4 is 23.1 Å². The van der Waals surface area contributed by atoms with E-state index in [4.69, 9.17) is 0 Å². The first-order valence-electron chi connectivity index (χ1n) is 9.41. The standard InChI is InChI=1S/C21H22N4O2S/c26-20-10-9-19(22-25(20)17-6-2-1-3-7-17)23-11-5-12-24(14-13-23)21(27)16-18-8-4-15-28-18/h1-4,6-10,15H,5,11-14,16H2. The van der Waals surface area contributed by atoms with Gasteiger partial charge in [0.05, 0.1) is 12.1 Å². The second kappa shape index (κ2) is 8.39. The first kappa shape index (κ1) is 18.4. The number of thiophene rings is 1. The Balaban J connectivity index is 1.47. The van der Waals surface area contributed by atoms with Gasteiger partial charge >= 0.3 is 0 Å². The third-order valence-corrected chi connectivity index (χ3v) is 5.74. The number of carbonyl (C=O) groups is 1. The minimum absolute atomic E-state index is 0.155. The van der Waals surface area contributed by atoms with Crippen LogP contribution in [-0.2, 0) is 11.2 Å². The summed E-state index contributed by atoms with van der Waals surface area (Å²) >= 11 is 1.62. The van der Waals surface area contributed by atoms with Gasteiger partial charge in [-0.25, -0.2) is 0 Å². The van der Waals surface area contributed by atoms with E-state index in [0.29, 0.717) is 19.5 Å². The lowest BCUT2D eigenvalue weighted by atomic mass is 10.3. The highest BCUT2D eigenvalue weighted by Crippen LogP contribution is 2.16. The van der Waals surface area contributed by atoms with Crippen molar-refractivity contribution in [2.24, 2.45) is 0 Å². The van der Waals surface area contributed by atoms with Crippen LogP contribution in [0.25, 0.3) is 5.69 Å². The van der Waals surface area contributed by atoms with Gasteiger partial charge in [-0.15, -0.1) is 16.4 Å². The van der Waals surface area contributed by atoms with Crippen LogP contribution in [0.1, 0.15) is 11.3 Å². The van der Waals surface area contributed by atoms with Crippen LogP contribution in [0.3, 0.4) is 0 Å². The van der Waals surface area contributed by atoms with E-state index >= 15 is 0 Å². The van der Waals surface area contributed by atoms with Crippen molar-refractivity contribution in [2.75, 3.05) is 31.1 Å². The average molecular weight is 395 g/mol. The SMILES string of the molecule is O=C(Cc1cccs1)N1CCCN(c2ccc(=O)n(-c3ccccc3)n2)CC1. The molecular weight excluding hydrogens is 372 g/mol. The van der Waals surface area contributed by atoms with Crippen LogP contribution in [-0.4, -0.2) is 46.8 Å². The molecule has 28 heavy (non-hydrogen) atoms. The van der Waals surface area contributed by atoms with E-state index in [-0.39, 0.29) is 11.5 Å². The van der Waals surface area contributed by atoms with E-state index in [1.165, 1.54) is 4.68 Å². The molecule has 1 saturated heterocycles. The molecule has 1 aromatic carbocycles. The van der Waals surface area contributed by atoms with Crippen molar-refractivity contribution in [3.63, 3.8) is 0 Å². The van der Waals surface area contributed by atoms with Crippen LogP contribution in [0.2, 0.25) is 0 Å². The molecular formula is C21H22N4O2S. The van der Waals surface area contributed by atoms with Gasteiger partial charge < -0.3 is 9.80 Å². The summed E-state index contributed by atoms with van der Waals surface area (Å²) in [6.45, 7) is 2.92. The number of nitrogens with zero attached hydrogens (tertiary/aromatic N) is 4. The van der Waals surface area contributed by atoms with Gasteiger partial charge in [0.2, 0.25) is 5.91 Å². The number of amides is 1. The van der Waals surface area contributed by atoms with Crippen molar-refractivity contribution in [2.45, 2.75) is 12.8 Å². The Hall–Kier alpha value is -2.93. The molecule has 2 aromatic heterocycles. The first-order valence-corrected chi connectivity index (χ1v) is 10.3. The molecule has 0 atom stereocenters. The highest BCUT2D eigenvalue weighted by atomic mass is 32.1. The number of benzene rings is 1. The maximum atomic E-state index is 12.6. The van der Waals surface area contributed by atoms with Gasteiger partial charge in [0, 0.05) is 37.1 Å². The van der Waals surface area contributed by atoms with E-state index in [9.17, 15) is 9.59 Å². The maximum absolute atomic E-state index is 12.6. The quantitative estimate of drug-likeness (QED) is 0.683. The molecule has 0 saturated carbocycles. The van der Waals surface area contributed by atoms with Crippen molar-refractivity contribution in [1.29, 1.82) is 0 Å². The number of hydrogen-bond donors (Lipinski definition) is 0. The van der Waals surface area contributed by atoms with Gasteiger partial charge in [-0.1, -0.05) is 24.3 Å². The van der Waals surface area contributed by atoms with Crippen LogP contribution >= 0.6 is 11.3 Å². The summed E-state index contributed by atoms with van der Waals surface area (Å²) in [4.78, 5) is 30.0. The molecule has 7 heteroatoms. The van der Waals surface area contributed by atoms with E-state index in [1.807, 2.05) is 52.7 Å². The van der Waals surface area contributed by atoms with Crippen molar-refractivity contribution in [3.05, 3.63) is 75.2 Å². The molecule has 1 fully saturated rings. The largest absolute Gasteiger partial charge is 0.353 e. The average Bonchev–Trinajstić information content (AvgIpc) is 3.10. The molecule has 0 bridgehead atoms. The van der Waals surface area contributed by atoms with Crippen LogP contribution in [0.15, 0.2) is 64.8 Å². The van der Waals surface area contributed by atoms with Gasteiger partial charge in [0.15, 0.2) is 0 Å². The third kappa shape index (κ3) is 4.14. The molecule has 0 radical (unpaired) electrons. The fraction of sp³-hybridized carbons (Fsp3) is 0.286. The third-order valence-electron chi connectivity index (χ3n) is 4.87. The normalized spacial score (nSPS) is 14.7. The Morgan fingerprint density at radius 1 is 0.964 bits per heavy atom. The molecule has 3 aromatic rings. The Morgan fingerprint density at radius 3 is 2.61 bits per heavy atom. The smallest absolute Gasteiger partial charge is 0.271 e. The number of aromatic nitrogens is 2. The molecule has 1 amide bonds. The van der Waals surface area contributed by atoms with Gasteiger partial charge in [-0.3, -0.25) is 9.59 Å². The molecule has 0 spiro atoms. The lowest BCUT2D eigenvalue weighted by Crippen LogP contribution is -2.36. The zero-order chi connectivity index (χ0) is 19.3. The van der Waals surface area contributed by atoms with Crippen LogP contribution in [0.4, 0.5) is 5.82 Å². The molecule has 1 aliphatic heterocycles. The fourth-order valence-electron chi connectivity index (χ4n) is 3.39. The van der Waals surface area contributed by atoms with Crippen molar-refractivity contribution < 1.29 is 4.79 Å². The minimum Gasteiger partial charge on any atom is -0.353 e. The number of carbonyl (C=O) groups excluding carboxylic acids is 1. The summed E-state index contributed by atoms with van der Waals surface area (Å²) in [6.07, 6.45) is 1.34. The lowest BCUT2D eigenvalue weighted by Gasteiger charge is -2.23. The lowest BCUT2D eigenvalue weighted by molar-refractivity contribution is -0.130. The molecule has 3 heterocycles. The predicted molar refractivity (Wildman–Crippen MR) is 111 cm³/mol. The number of rotatable bonds is 4. The molecule has 0 N–H and O–H groups in total. The Morgan fingerprint density at radius 2 is 1.82 bits per heavy atom. The summed E-state index contributed by atoms with van der Waals surface area (Å²) in [5.41, 5.74) is 0.592. The van der Waals surface area contributed by atoms with Crippen LogP contribution in [0, 0.1) is 0 Å². The van der Waals surface area contributed by atoms with Gasteiger partial charge in [-0.05, 0) is 36.1 Å². The molecule has 144 valence electrons. The highest BCUT2D eigenvalue weighted by Gasteiger charge is 2.21. The summed E-state index contributed by atoms with van der Waals surface area (Å²) in [5.74, 6) is 0.933. The Labute approximate surface area is 167 Å². The van der Waals surface area contributed by atoms with Gasteiger partial charge in [-0.2, -0.15) is 4.68 Å². The number of para-hydroxylation sites is 1. The first-order chi connectivity index (χ1) is 13.7. The Kier molecular flexibility index (Phi) is 5.53. The topological polar surface area (TPSA) is 58.4 Å². The molecule has 4 rings (SSSR count). The van der Waals surface area contributed by atoms with Crippen molar-refractivity contribution in [1.82, 2.24) is 14.7 Å².